The minimum Gasteiger partial charge on any atom is -0.467 e. The summed E-state index contributed by atoms with van der Waals surface area (Å²) in [7, 11) is 0. The van der Waals surface area contributed by atoms with Crippen LogP contribution in [0.1, 0.15) is 29.8 Å². The van der Waals surface area contributed by atoms with Crippen LogP contribution in [-0.4, -0.2) is 14.8 Å². The molecule has 1 aliphatic heterocycles. The fraction of sp³-hybridized carbons (Fsp3) is 0.200. The Morgan fingerprint density at radius 1 is 1.24 bits per heavy atom. The third-order valence-corrected chi connectivity index (χ3v) is 3.77. The first-order valence-corrected chi connectivity index (χ1v) is 6.76. The molecule has 0 saturated carbocycles. The second kappa shape index (κ2) is 4.73. The summed E-state index contributed by atoms with van der Waals surface area (Å²) in [6.45, 7) is 0. The van der Waals surface area contributed by atoms with Gasteiger partial charge in [0, 0.05) is 6.42 Å². The quantitative estimate of drug-likeness (QED) is 0.785. The van der Waals surface area contributed by atoms with Crippen molar-refractivity contribution < 1.29 is 8.81 Å². The lowest BCUT2D eigenvalue weighted by atomic mass is 9.96. The standard InChI is InChI=1S/C15H13FN4O/c16-11-5-3-10(4-6-11)12-8-13(14-2-1-7-21-14)20-15(19-12)17-9-18-20/h1-7,9,12-13H,8H2,(H,17,18,19)/t12-,13-/m0/s1. The molecule has 1 aromatic carbocycles. The Labute approximate surface area is 120 Å². The van der Waals surface area contributed by atoms with Crippen LogP contribution in [0.4, 0.5) is 10.3 Å². The van der Waals surface area contributed by atoms with Crippen LogP contribution in [0.5, 0.6) is 0 Å². The molecular weight excluding hydrogens is 271 g/mol. The van der Waals surface area contributed by atoms with Crippen LogP contribution in [0.3, 0.4) is 0 Å². The number of nitrogens with one attached hydrogen (secondary N) is 1. The lowest BCUT2D eigenvalue weighted by molar-refractivity contribution is 0.358. The normalized spacial score (nSPS) is 20.8. The predicted molar refractivity (Wildman–Crippen MR) is 74.2 cm³/mol. The number of hydrogen-bond acceptors (Lipinski definition) is 4. The topological polar surface area (TPSA) is 55.9 Å². The summed E-state index contributed by atoms with van der Waals surface area (Å²) in [5, 5.41) is 7.59. The molecule has 0 fully saturated rings. The molecule has 3 heterocycles. The molecule has 0 spiro atoms. The largest absolute Gasteiger partial charge is 0.467 e. The average molecular weight is 284 g/mol. The maximum atomic E-state index is 13.1. The number of benzene rings is 1. The zero-order valence-electron chi connectivity index (χ0n) is 11.1. The Balaban J connectivity index is 1.72. The molecule has 0 unspecified atom stereocenters. The highest BCUT2D eigenvalue weighted by atomic mass is 19.1. The van der Waals surface area contributed by atoms with Gasteiger partial charge >= 0.3 is 0 Å². The van der Waals surface area contributed by atoms with Crippen molar-refractivity contribution in [3.63, 3.8) is 0 Å². The van der Waals surface area contributed by atoms with Gasteiger partial charge in [0.15, 0.2) is 0 Å². The van der Waals surface area contributed by atoms with Crippen LogP contribution in [0.15, 0.2) is 53.4 Å². The summed E-state index contributed by atoms with van der Waals surface area (Å²) in [4.78, 5) is 4.24. The second-order valence-corrected chi connectivity index (χ2v) is 5.04. The number of rotatable bonds is 2. The number of furan rings is 1. The van der Waals surface area contributed by atoms with E-state index in [1.54, 1.807) is 18.4 Å². The van der Waals surface area contributed by atoms with E-state index in [1.165, 1.54) is 18.5 Å². The Kier molecular flexibility index (Phi) is 2.73. The van der Waals surface area contributed by atoms with Crippen molar-refractivity contribution in [2.24, 2.45) is 0 Å². The van der Waals surface area contributed by atoms with Crippen molar-refractivity contribution in [1.82, 2.24) is 14.8 Å². The van der Waals surface area contributed by atoms with E-state index in [0.717, 1.165) is 17.7 Å². The molecule has 4 rings (SSSR count). The monoisotopic (exact) mass is 284 g/mol. The smallest absolute Gasteiger partial charge is 0.222 e. The van der Waals surface area contributed by atoms with Crippen LogP contribution in [-0.2, 0) is 0 Å². The SMILES string of the molecule is Fc1ccc([C@@H]2C[C@@H](c3ccco3)n3ncnc3N2)cc1. The highest BCUT2D eigenvalue weighted by Gasteiger charge is 2.31. The van der Waals surface area contributed by atoms with E-state index in [9.17, 15) is 4.39 Å². The van der Waals surface area contributed by atoms with E-state index in [2.05, 4.69) is 15.4 Å². The summed E-state index contributed by atoms with van der Waals surface area (Å²) in [6.07, 6.45) is 3.93. The predicted octanol–water partition coefficient (Wildman–Crippen LogP) is 3.16. The third kappa shape index (κ3) is 2.08. The molecule has 6 heteroatoms. The molecule has 1 aliphatic rings. The minimum atomic E-state index is -0.236. The minimum absolute atomic E-state index is 0.0196. The van der Waals surface area contributed by atoms with Crippen LogP contribution in [0, 0.1) is 5.82 Å². The summed E-state index contributed by atoms with van der Waals surface area (Å²) >= 11 is 0. The van der Waals surface area contributed by atoms with Crippen molar-refractivity contribution >= 4 is 5.95 Å². The maximum absolute atomic E-state index is 13.1. The summed E-state index contributed by atoms with van der Waals surface area (Å²) in [5.41, 5.74) is 1.02. The number of hydrogen-bond donors (Lipinski definition) is 1. The zero-order chi connectivity index (χ0) is 14.2. The number of fused-ring (bicyclic) bond motifs is 1. The van der Waals surface area contributed by atoms with Crippen LogP contribution in [0.25, 0.3) is 0 Å². The Morgan fingerprint density at radius 3 is 2.86 bits per heavy atom. The Hall–Kier alpha value is -2.63. The lowest BCUT2D eigenvalue weighted by Crippen LogP contribution is -2.27. The van der Waals surface area contributed by atoms with Crippen molar-refractivity contribution in [2.45, 2.75) is 18.5 Å². The van der Waals surface area contributed by atoms with Gasteiger partial charge < -0.3 is 9.73 Å². The molecule has 0 aliphatic carbocycles. The fourth-order valence-electron chi connectivity index (χ4n) is 2.75. The first-order valence-electron chi connectivity index (χ1n) is 6.76. The van der Waals surface area contributed by atoms with Crippen LogP contribution < -0.4 is 5.32 Å². The van der Waals surface area contributed by atoms with Gasteiger partial charge in [-0.05, 0) is 29.8 Å². The number of aromatic nitrogens is 3. The van der Waals surface area contributed by atoms with E-state index >= 15 is 0 Å². The van der Waals surface area contributed by atoms with Gasteiger partial charge in [0.05, 0.1) is 12.3 Å². The van der Waals surface area contributed by atoms with Gasteiger partial charge in [-0.2, -0.15) is 10.1 Å². The average Bonchev–Trinajstić information content (AvgIpc) is 3.18. The highest BCUT2D eigenvalue weighted by Crippen LogP contribution is 2.37. The van der Waals surface area contributed by atoms with Gasteiger partial charge in [0.1, 0.15) is 23.9 Å². The molecule has 5 nitrogen and oxygen atoms in total. The van der Waals surface area contributed by atoms with Gasteiger partial charge in [0.2, 0.25) is 5.95 Å². The molecule has 106 valence electrons. The molecule has 0 radical (unpaired) electrons. The van der Waals surface area contributed by atoms with Gasteiger partial charge in [-0.3, -0.25) is 0 Å². The van der Waals surface area contributed by atoms with E-state index in [0.29, 0.717) is 5.95 Å². The number of anilines is 1. The molecule has 2 aromatic heterocycles. The Bertz CT molecular complexity index is 735. The number of halogens is 1. The first-order chi connectivity index (χ1) is 10.3. The van der Waals surface area contributed by atoms with Gasteiger partial charge in [-0.25, -0.2) is 9.07 Å². The van der Waals surface area contributed by atoms with Crippen molar-refractivity contribution in [3.05, 3.63) is 66.1 Å². The lowest BCUT2D eigenvalue weighted by Gasteiger charge is -2.30. The van der Waals surface area contributed by atoms with Gasteiger partial charge in [0.25, 0.3) is 0 Å². The van der Waals surface area contributed by atoms with Gasteiger partial charge in [-0.1, -0.05) is 12.1 Å². The van der Waals surface area contributed by atoms with E-state index in [-0.39, 0.29) is 17.9 Å². The number of nitrogens with zero attached hydrogens (tertiary/aromatic N) is 3. The molecule has 2 atom stereocenters. The van der Waals surface area contributed by atoms with Crippen molar-refractivity contribution in [2.75, 3.05) is 5.32 Å². The second-order valence-electron chi connectivity index (χ2n) is 5.04. The first kappa shape index (κ1) is 12.1. The van der Waals surface area contributed by atoms with Crippen LogP contribution >= 0.6 is 0 Å². The van der Waals surface area contributed by atoms with Crippen LogP contribution in [0.2, 0.25) is 0 Å². The zero-order valence-corrected chi connectivity index (χ0v) is 11.1. The maximum Gasteiger partial charge on any atom is 0.222 e. The third-order valence-electron chi connectivity index (χ3n) is 3.77. The molecule has 1 N–H and O–H groups in total. The highest BCUT2D eigenvalue weighted by molar-refractivity contribution is 5.36. The van der Waals surface area contributed by atoms with E-state index in [4.69, 9.17) is 4.42 Å². The van der Waals surface area contributed by atoms with E-state index < -0.39 is 0 Å². The molecule has 0 saturated heterocycles. The molecular formula is C15H13FN4O. The molecule has 0 amide bonds. The van der Waals surface area contributed by atoms with Crippen molar-refractivity contribution in [1.29, 1.82) is 0 Å². The fourth-order valence-corrected chi connectivity index (χ4v) is 2.75. The summed E-state index contributed by atoms with van der Waals surface area (Å²) < 4.78 is 20.4. The van der Waals surface area contributed by atoms with Crippen molar-refractivity contribution in [3.8, 4) is 0 Å². The molecule has 3 aromatic rings. The van der Waals surface area contributed by atoms with E-state index in [1.807, 2.05) is 16.8 Å². The molecule has 0 bridgehead atoms. The molecule has 21 heavy (non-hydrogen) atoms. The summed E-state index contributed by atoms with van der Waals surface area (Å²) in [6, 6.07) is 10.3. The Morgan fingerprint density at radius 2 is 2.10 bits per heavy atom. The van der Waals surface area contributed by atoms with Gasteiger partial charge in [-0.15, -0.1) is 0 Å². The summed E-state index contributed by atoms with van der Waals surface area (Å²) in [5.74, 6) is 1.30.